The average Bonchev–Trinajstić information content (AvgIpc) is 2.61. The number of benzene rings is 2. The van der Waals surface area contributed by atoms with Crippen LogP contribution in [0.3, 0.4) is 0 Å². The number of anilines is 1. The molecule has 8 heteroatoms. The number of halogens is 2. The smallest absolute Gasteiger partial charge is 0.341 e. The quantitative estimate of drug-likeness (QED) is 0.595. The number of hydrogen-bond donors (Lipinski definition) is 2. The molecule has 2 aromatic rings. The zero-order valence-electron chi connectivity index (χ0n) is 13.2. The van der Waals surface area contributed by atoms with Crippen LogP contribution in [0.5, 0.6) is 5.75 Å². The van der Waals surface area contributed by atoms with Crippen molar-refractivity contribution in [2.45, 2.75) is 0 Å². The van der Waals surface area contributed by atoms with Gasteiger partial charge in [0.05, 0.1) is 5.02 Å². The van der Waals surface area contributed by atoms with E-state index in [4.69, 9.17) is 21.4 Å². The molecule has 0 saturated heterocycles. The first kappa shape index (κ1) is 19.0. The van der Waals surface area contributed by atoms with Crippen LogP contribution in [0.4, 0.5) is 10.1 Å². The number of carboxylic acids is 1. The lowest BCUT2D eigenvalue weighted by Crippen LogP contribution is -2.14. The second-order valence-electron chi connectivity index (χ2n) is 4.97. The summed E-state index contributed by atoms with van der Waals surface area (Å²) in [7, 11) is 0. The third-order valence-electron chi connectivity index (χ3n) is 3.11. The van der Waals surface area contributed by atoms with Crippen molar-refractivity contribution < 1.29 is 23.8 Å². The number of amides is 1. The Balaban J connectivity index is 2.24. The molecule has 0 spiro atoms. The van der Waals surface area contributed by atoms with E-state index in [0.29, 0.717) is 5.56 Å². The van der Waals surface area contributed by atoms with Crippen LogP contribution in [-0.2, 0) is 9.59 Å². The Morgan fingerprint density at radius 2 is 2.04 bits per heavy atom. The molecule has 2 N–H and O–H groups in total. The van der Waals surface area contributed by atoms with Gasteiger partial charge in [-0.2, -0.15) is 5.26 Å². The number of nitrogens with zero attached hydrogens (tertiary/aromatic N) is 1. The highest BCUT2D eigenvalue weighted by molar-refractivity contribution is 6.31. The average molecular weight is 375 g/mol. The second-order valence-corrected chi connectivity index (χ2v) is 5.38. The van der Waals surface area contributed by atoms with Gasteiger partial charge in [-0.15, -0.1) is 0 Å². The first-order valence-electron chi connectivity index (χ1n) is 7.22. The number of carbonyl (C=O) groups is 2. The lowest BCUT2D eigenvalue weighted by atomic mass is 10.1. The largest absolute Gasteiger partial charge is 0.481 e. The van der Waals surface area contributed by atoms with Crippen LogP contribution in [0.15, 0.2) is 48.0 Å². The number of rotatable bonds is 6. The van der Waals surface area contributed by atoms with E-state index in [1.54, 1.807) is 24.3 Å². The molecule has 0 aliphatic carbocycles. The van der Waals surface area contributed by atoms with Crippen molar-refractivity contribution in [2.75, 3.05) is 11.9 Å². The SMILES string of the molecule is N#C/C(=C\c1ccccc1OCC(=O)O)C(=O)Nc1ccc(F)c(Cl)c1. The maximum absolute atomic E-state index is 13.2. The summed E-state index contributed by atoms with van der Waals surface area (Å²) in [6, 6.07) is 11.7. The van der Waals surface area contributed by atoms with Gasteiger partial charge < -0.3 is 15.2 Å². The predicted octanol–water partition coefficient (Wildman–Crippen LogP) is 3.49. The van der Waals surface area contributed by atoms with Gasteiger partial charge in [0.1, 0.15) is 23.2 Å². The van der Waals surface area contributed by atoms with Crippen LogP contribution in [0, 0.1) is 17.1 Å². The summed E-state index contributed by atoms with van der Waals surface area (Å²) in [5.74, 6) is -2.32. The van der Waals surface area contributed by atoms with Gasteiger partial charge in [-0.25, -0.2) is 9.18 Å². The molecule has 2 aromatic carbocycles. The van der Waals surface area contributed by atoms with Gasteiger partial charge in [0.15, 0.2) is 6.61 Å². The summed E-state index contributed by atoms with van der Waals surface area (Å²) in [5, 5.41) is 20.2. The van der Waals surface area contributed by atoms with E-state index in [-0.39, 0.29) is 22.0 Å². The van der Waals surface area contributed by atoms with Gasteiger partial charge in [0.25, 0.3) is 5.91 Å². The first-order chi connectivity index (χ1) is 12.4. The number of aliphatic carboxylic acids is 1. The van der Waals surface area contributed by atoms with Gasteiger partial charge >= 0.3 is 5.97 Å². The molecule has 0 aromatic heterocycles. The molecule has 1 amide bonds. The predicted molar refractivity (Wildman–Crippen MR) is 93.2 cm³/mol. The van der Waals surface area contributed by atoms with Crippen LogP contribution in [-0.4, -0.2) is 23.6 Å². The van der Waals surface area contributed by atoms with Crippen LogP contribution in [0.2, 0.25) is 5.02 Å². The Morgan fingerprint density at radius 3 is 2.69 bits per heavy atom. The monoisotopic (exact) mass is 374 g/mol. The van der Waals surface area contributed by atoms with Crippen LogP contribution in [0.25, 0.3) is 6.08 Å². The summed E-state index contributed by atoms with van der Waals surface area (Å²) in [5.41, 5.74) is 0.326. The fraction of sp³-hybridized carbons (Fsp3) is 0.0556. The number of nitrogens with one attached hydrogen (secondary N) is 1. The first-order valence-corrected chi connectivity index (χ1v) is 7.60. The van der Waals surface area contributed by atoms with Gasteiger partial charge in [-0.3, -0.25) is 4.79 Å². The molecule has 0 bridgehead atoms. The fourth-order valence-corrected chi connectivity index (χ4v) is 2.13. The van der Waals surface area contributed by atoms with Gasteiger partial charge in [-0.05, 0) is 30.3 Å². The zero-order chi connectivity index (χ0) is 19.1. The number of hydrogen-bond acceptors (Lipinski definition) is 4. The minimum atomic E-state index is -1.16. The number of nitriles is 1. The molecule has 2 rings (SSSR count). The minimum absolute atomic E-state index is 0.169. The summed E-state index contributed by atoms with van der Waals surface area (Å²) < 4.78 is 18.3. The molecule has 0 aliphatic heterocycles. The molecule has 26 heavy (non-hydrogen) atoms. The van der Waals surface area contributed by atoms with E-state index in [0.717, 1.165) is 6.07 Å². The number of ether oxygens (including phenoxy) is 1. The standard InChI is InChI=1S/C18H12ClFN2O4/c19-14-8-13(5-6-15(14)20)22-18(25)12(9-21)7-11-3-1-2-4-16(11)26-10-17(23)24/h1-8H,10H2,(H,22,25)(H,23,24)/b12-7+. The molecule has 0 atom stereocenters. The molecule has 0 radical (unpaired) electrons. The van der Waals surface area contributed by atoms with Crippen molar-refractivity contribution in [3.05, 3.63) is 64.4 Å². The molecular formula is C18H12ClFN2O4. The lowest BCUT2D eigenvalue weighted by molar-refractivity contribution is -0.139. The summed E-state index contributed by atoms with van der Waals surface area (Å²) >= 11 is 5.65. The van der Waals surface area contributed by atoms with E-state index in [2.05, 4.69) is 5.32 Å². The molecule has 0 heterocycles. The molecule has 0 aliphatic rings. The van der Waals surface area contributed by atoms with E-state index in [9.17, 15) is 19.2 Å². The highest BCUT2D eigenvalue weighted by Crippen LogP contribution is 2.23. The van der Waals surface area contributed by atoms with Crippen LogP contribution < -0.4 is 10.1 Å². The van der Waals surface area contributed by atoms with E-state index >= 15 is 0 Å². The number of para-hydroxylation sites is 1. The summed E-state index contributed by atoms with van der Waals surface area (Å²) in [4.78, 5) is 22.9. The highest BCUT2D eigenvalue weighted by atomic mass is 35.5. The number of carboxylic acid groups (broad SMARTS) is 1. The van der Waals surface area contributed by atoms with Gasteiger partial charge in [0, 0.05) is 11.3 Å². The van der Waals surface area contributed by atoms with E-state index < -0.39 is 24.3 Å². The molecule has 6 nitrogen and oxygen atoms in total. The summed E-state index contributed by atoms with van der Waals surface area (Å²) in [6.07, 6.45) is 1.26. The zero-order valence-corrected chi connectivity index (χ0v) is 14.0. The maximum atomic E-state index is 13.2. The normalized spacial score (nSPS) is 10.7. The molecule has 0 unspecified atom stereocenters. The molecule has 0 saturated carbocycles. The molecule has 132 valence electrons. The highest BCUT2D eigenvalue weighted by Gasteiger charge is 2.12. The van der Waals surface area contributed by atoms with Crippen molar-refractivity contribution in [1.82, 2.24) is 0 Å². The molecular weight excluding hydrogens is 363 g/mol. The van der Waals surface area contributed by atoms with Crippen molar-refractivity contribution in [3.63, 3.8) is 0 Å². The minimum Gasteiger partial charge on any atom is -0.481 e. The Hall–Kier alpha value is -3.37. The van der Waals surface area contributed by atoms with Crippen molar-refractivity contribution in [1.29, 1.82) is 5.26 Å². The van der Waals surface area contributed by atoms with Crippen LogP contribution >= 0.6 is 11.6 Å². The topological polar surface area (TPSA) is 99.4 Å². The van der Waals surface area contributed by atoms with Crippen LogP contribution in [0.1, 0.15) is 5.56 Å². The van der Waals surface area contributed by atoms with E-state index in [1.165, 1.54) is 24.3 Å². The van der Waals surface area contributed by atoms with Crippen molar-refractivity contribution in [2.24, 2.45) is 0 Å². The van der Waals surface area contributed by atoms with Gasteiger partial charge in [-0.1, -0.05) is 29.8 Å². The lowest BCUT2D eigenvalue weighted by Gasteiger charge is -2.08. The van der Waals surface area contributed by atoms with Crippen molar-refractivity contribution >= 4 is 35.2 Å². The maximum Gasteiger partial charge on any atom is 0.341 e. The molecule has 0 fully saturated rings. The fourth-order valence-electron chi connectivity index (χ4n) is 1.95. The summed E-state index contributed by atoms with van der Waals surface area (Å²) in [6.45, 7) is -0.562. The third-order valence-corrected chi connectivity index (χ3v) is 3.40. The Labute approximate surface area is 153 Å². The number of carbonyl (C=O) groups excluding carboxylic acids is 1. The Bertz CT molecular complexity index is 922. The van der Waals surface area contributed by atoms with E-state index in [1.807, 2.05) is 0 Å². The Morgan fingerprint density at radius 1 is 1.31 bits per heavy atom. The third kappa shape index (κ3) is 5.06. The Kier molecular flexibility index (Phi) is 6.31. The second kappa shape index (κ2) is 8.65. The van der Waals surface area contributed by atoms with Gasteiger partial charge in [0.2, 0.25) is 0 Å². The van der Waals surface area contributed by atoms with Crippen molar-refractivity contribution in [3.8, 4) is 11.8 Å².